The number of nitrogens with two attached hydrogens (primary N) is 1. The Morgan fingerprint density at radius 1 is 0.773 bits per heavy atom. The van der Waals surface area contributed by atoms with Crippen molar-refractivity contribution in [1.82, 2.24) is 0 Å². The first-order chi connectivity index (χ1) is 10.4. The fourth-order valence-corrected chi connectivity index (χ4v) is 2.52. The Bertz CT molecular complexity index is 504. The molecule has 0 aromatic heterocycles. The summed E-state index contributed by atoms with van der Waals surface area (Å²) in [5.41, 5.74) is 11.1. The first-order valence-electron chi connectivity index (χ1n) is 8.23. The molecule has 2 N–H and O–H groups in total. The fourth-order valence-electron chi connectivity index (χ4n) is 2.52. The van der Waals surface area contributed by atoms with E-state index in [1.807, 2.05) is 6.92 Å². The Hall–Kier alpha value is -1.60. The molecule has 0 aliphatic rings. The van der Waals surface area contributed by atoms with Crippen LogP contribution in [0.25, 0.3) is 0 Å². The lowest BCUT2D eigenvalue weighted by Crippen LogP contribution is -2.17. The second-order valence-electron chi connectivity index (χ2n) is 6.76. The minimum Gasteiger partial charge on any atom is -0.328 e. The molecule has 0 fully saturated rings. The molecule has 2 aromatic carbocycles. The van der Waals surface area contributed by atoms with Gasteiger partial charge < -0.3 is 5.73 Å². The largest absolute Gasteiger partial charge is 0.328 e. The van der Waals surface area contributed by atoms with Gasteiger partial charge in [0, 0.05) is 6.04 Å². The maximum absolute atomic E-state index is 5.67. The van der Waals surface area contributed by atoms with Gasteiger partial charge in [-0.3, -0.25) is 0 Å². The molecule has 2 aromatic rings. The lowest BCUT2D eigenvalue weighted by Gasteiger charge is -2.04. The van der Waals surface area contributed by atoms with Gasteiger partial charge in [0.25, 0.3) is 0 Å². The van der Waals surface area contributed by atoms with E-state index in [-0.39, 0.29) is 6.04 Å². The summed E-state index contributed by atoms with van der Waals surface area (Å²) in [5, 5.41) is 0. The van der Waals surface area contributed by atoms with Crippen molar-refractivity contribution in [1.29, 1.82) is 0 Å². The molecule has 1 heteroatoms. The van der Waals surface area contributed by atoms with Crippen LogP contribution >= 0.6 is 0 Å². The van der Waals surface area contributed by atoms with E-state index in [1.54, 1.807) is 0 Å². The lowest BCUT2D eigenvalue weighted by molar-refractivity contribution is 0.647. The summed E-state index contributed by atoms with van der Waals surface area (Å²) >= 11 is 0. The van der Waals surface area contributed by atoms with Crippen LogP contribution in [-0.4, -0.2) is 6.04 Å². The minimum atomic E-state index is 0.261. The zero-order valence-electron chi connectivity index (χ0n) is 14.8. The predicted octanol–water partition coefficient (Wildman–Crippen LogP) is 5.08. The zero-order valence-corrected chi connectivity index (χ0v) is 14.8. The molecule has 1 atom stereocenters. The third-order valence-corrected chi connectivity index (χ3v) is 3.37. The van der Waals surface area contributed by atoms with Crippen LogP contribution in [0.5, 0.6) is 0 Å². The molecule has 0 aliphatic heterocycles. The average Bonchev–Trinajstić information content (AvgIpc) is 2.37. The highest BCUT2D eigenvalue weighted by molar-refractivity contribution is 5.23. The van der Waals surface area contributed by atoms with E-state index in [4.69, 9.17) is 5.73 Å². The van der Waals surface area contributed by atoms with Gasteiger partial charge in [0.15, 0.2) is 0 Å². The topological polar surface area (TPSA) is 26.0 Å². The molecule has 0 aliphatic carbocycles. The van der Waals surface area contributed by atoms with Gasteiger partial charge in [0.2, 0.25) is 0 Å². The average molecular weight is 297 g/mol. The highest BCUT2D eigenvalue weighted by atomic mass is 14.6. The fraction of sp³-hybridized carbons (Fsp3) is 0.429. The van der Waals surface area contributed by atoms with Crippen LogP contribution in [0.4, 0.5) is 0 Å². The van der Waals surface area contributed by atoms with Crippen LogP contribution in [0.3, 0.4) is 0 Å². The first kappa shape index (κ1) is 18.4. The molecule has 1 nitrogen and oxygen atoms in total. The van der Waals surface area contributed by atoms with Crippen LogP contribution in [-0.2, 0) is 12.8 Å². The van der Waals surface area contributed by atoms with Gasteiger partial charge in [-0.1, -0.05) is 73.5 Å². The van der Waals surface area contributed by atoms with E-state index in [2.05, 4.69) is 76.2 Å². The van der Waals surface area contributed by atoms with Gasteiger partial charge in [-0.15, -0.1) is 0 Å². The van der Waals surface area contributed by atoms with Crippen molar-refractivity contribution >= 4 is 0 Å². The summed E-state index contributed by atoms with van der Waals surface area (Å²) in [6.45, 7) is 10.8. The quantitative estimate of drug-likeness (QED) is 0.837. The van der Waals surface area contributed by atoms with Crippen LogP contribution in [0.2, 0.25) is 0 Å². The number of benzene rings is 2. The van der Waals surface area contributed by atoms with E-state index in [9.17, 15) is 0 Å². The molecular weight excluding hydrogens is 266 g/mol. The summed E-state index contributed by atoms with van der Waals surface area (Å²) in [7, 11) is 0. The third-order valence-electron chi connectivity index (χ3n) is 3.37. The Labute approximate surface area is 136 Å². The minimum absolute atomic E-state index is 0.261. The van der Waals surface area contributed by atoms with Crippen molar-refractivity contribution in [3.63, 3.8) is 0 Å². The van der Waals surface area contributed by atoms with Gasteiger partial charge in [-0.05, 0) is 50.7 Å². The maximum Gasteiger partial charge on any atom is 0.00509 e. The molecular formula is C21H31N. The summed E-state index contributed by atoms with van der Waals surface area (Å²) in [5.74, 6) is 0.761. The van der Waals surface area contributed by atoms with E-state index >= 15 is 0 Å². The first-order valence-corrected chi connectivity index (χ1v) is 8.23. The molecule has 0 heterocycles. The standard InChI is InChI=1S/C11H16.C10H15N/c1-9(2)7-11-6-4-5-10(3)8-11;1-8-4-3-5-10(6-8)7-9(2)11/h4-6,8-9H,7H2,1-3H3;3-6,9H,7,11H2,1-2H3/t;9-/m.1/s1. The van der Waals surface area contributed by atoms with Crippen molar-refractivity contribution < 1.29 is 0 Å². The zero-order chi connectivity index (χ0) is 16.5. The van der Waals surface area contributed by atoms with Crippen molar-refractivity contribution in [2.45, 2.75) is 53.5 Å². The molecule has 0 bridgehead atoms. The molecule has 0 saturated heterocycles. The Balaban J connectivity index is 0.000000220. The summed E-state index contributed by atoms with van der Waals surface area (Å²) < 4.78 is 0. The third kappa shape index (κ3) is 7.99. The van der Waals surface area contributed by atoms with Gasteiger partial charge in [-0.25, -0.2) is 0 Å². The molecule has 0 unspecified atom stereocenters. The number of hydrogen-bond acceptors (Lipinski definition) is 1. The Morgan fingerprint density at radius 2 is 1.23 bits per heavy atom. The van der Waals surface area contributed by atoms with E-state index in [1.165, 1.54) is 28.7 Å². The van der Waals surface area contributed by atoms with Crippen LogP contribution in [0.1, 0.15) is 43.0 Å². The van der Waals surface area contributed by atoms with Gasteiger partial charge >= 0.3 is 0 Å². The van der Waals surface area contributed by atoms with Crippen LogP contribution in [0.15, 0.2) is 48.5 Å². The summed E-state index contributed by atoms with van der Waals surface area (Å²) in [4.78, 5) is 0. The molecule has 0 spiro atoms. The van der Waals surface area contributed by atoms with Crippen molar-refractivity contribution in [2.24, 2.45) is 11.7 Å². The molecule has 0 amide bonds. The number of hydrogen-bond donors (Lipinski definition) is 1. The van der Waals surface area contributed by atoms with Crippen molar-refractivity contribution in [3.8, 4) is 0 Å². The summed E-state index contributed by atoms with van der Waals surface area (Å²) in [6.07, 6.45) is 2.17. The van der Waals surface area contributed by atoms with Crippen LogP contribution in [0, 0.1) is 19.8 Å². The molecule has 0 radical (unpaired) electrons. The monoisotopic (exact) mass is 297 g/mol. The Morgan fingerprint density at radius 3 is 1.59 bits per heavy atom. The maximum atomic E-state index is 5.67. The molecule has 0 saturated carbocycles. The van der Waals surface area contributed by atoms with Crippen molar-refractivity contribution in [2.75, 3.05) is 0 Å². The smallest absolute Gasteiger partial charge is 0.00509 e. The number of rotatable bonds is 4. The van der Waals surface area contributed by atoms with Crippen molar-refractivity contribution in [3.05, 3.63) is 70.8 Å². The number of aryl methyl sites for hydroxylation is 2. The molecule has 2 rings (SSSR count). The second-order valence-corrected chi connectivity index (χ2v) is 6.76. The highest BCUT2D eigenvalue weighted by Crippen LogP contribution is 2.09. The van der Waals surface area contributed by atoms with E-state index in [0.717, 1.165) is 12.3 Å². The van der Waals surface area contributed by atoms with Gasteiger partial charge in [0.05, 0.1) is 0 Å². The predicted molar refractivity (Wildman–Crippen MR) is 98.3 cm³/mol. The molecule has 120 valence electrons. The van der Waals surface area contributed by atoms with Crippen LogP contribution < -0.4 is 5.73 Å². The normalized spacial score (nSPS) is 11.8. The Kier molecular flexibility index (Phi) is 7.90. The van der Waals surface area contributed by atoms with Gasteiger partial charge in [-0.2, -0.15) is 0 Å². The van der Waals surface area contributed by atoms with Gasteiger partial charge in [0.1, 0.15) is 0 Å². The highest BCUT2D eigenvalue weighted by Gasteiger charge is 1.97. The molecule has 22 heavy (non-hydrogen) atoms. The SMILES string of the molecule is Cc1cccc(CC(C)C)c1.Cc1cccc(C[C@@H](C)N)c1. The second kappa shape index (κ2) is 9.42. The van der Waals surface area contributed by atoms with E-state index < -0.39 is 0 Å². The van der Waals surface area contributed by atoms with E-state index in [0.29, 0.717) is 0 Å². The summed E-state index contributed by atoms with van der Waals surface area (Å²) in [6, 6.07) is 17.5. The lowest BCUT2D eigenvalue weighted by atomic mass is 10.0.